The molecule has 0 bridgehead atoms. The van der Waals surface area contributed by atoms with Crippen molar-refractivity contribution in [3.8, 4) is 0 Å². The molecule has 0 aromatic carbocycles. The van der Waals surface area contributed by atoms with E-state index in [4.69, 9.17) is 0 Å². The monoisotopic (exact) mass is 235 g/mol. The average molecular weight is 235 g/mol. The predicted molar refractivity (Wildman–Crippen MR) is 70.4 cm³/mol. The lowest BCUT2D eigenvalue weighted by Crippen LogP contribution is -2.19. The summed E-state index contributed by atoms with van der Waals surface area (Å²) >= 11 is 0. The van der Waals surface area contributed by atoms with E-state index in [9.17, 15) is 0 Å². The molecular weight excluding hydrogens is 214 g/mol. The molecule has 5 nitrogen and oxygen atoms in total. The molecule has 1 unspecified atom stereocenters. The third-order valence-electron chi connectivity index (χ3n) is 3.25. The van der Waals surface area contributed by atoms with Gasteiger partial charge in [-0.2, -0.15) is 0 Å². The molecule has 5 heteroatoms. The molecule has 1 aliphatic rings. The summed E-state index contributed by atoms with van der Waals surface area (Å²) in [7, 11) is 2.03. The van der Waals surface area contributed by atoms with Gasteiger partial charge in [-0.05, 0) is 32.4 Å². The molecule has 0 aliphatic carbocycles. The molecule has 2 rings (SSSR count). The van der Waals surface area contributed by atoms with Crippen molar-refractivity contribution in [1.82, 2.24) is 15.3 Å². The van der Waals surface area contributed by atoms with Crippen LogP contribution in [0.2, 0.25) is 0 Å². The number of rotatable bonds is 5. The fraction of sp³-hybridized carbons (Fsp3) is 0.667. The third-order valence-corrected chi connectivity index (χ3v) is 3.25. The first-order valence-electron chi connectivity index (χ1n) is 6.27. The zero-order valence-corrected chi connectivity index (χ0v) is 10.6. The van der Waals surface area contributed by atoms with Crippen LogP contribution in [0.25, 0.3) is 0 Å². The van der Waals surface area contributed by atoms with Crippen molar-refractivity contribution in [2.45, 2.75) is 13.3 Å². The highest BCUT2D eigenvalue weighted by Gasteiger charge is 2.14. The normalized spacial score (nSPS) is 19.3. The van der Waals surface area contributed by atoms with Gasteiger partial charge < -0.3 is 15.5 Å². The van der Waals surface area contributed by atoms with Crippen LogP contribution in [0, 0.1) is 5.92 Å². The van der Waals surface area contributed by atoms with Crippen molar-refractivity contribution in [1.29, 1.82) is 0 Å². The van der Waals surface area contributed by atoms with Gasteiger partial charge in [0.2, 0.25) is 0 Å². The second-order valence-corrected chi connectivity index (χ2v) is 4.52. The van der Waals surface area contributed by atoms with Gasteiger partial charge in [0.15, 0.2) is 0 Å². The van der Waals surface area contributed by atoms with Crippen molar-refractivity contribution in [2.24, 2.45) is 5.92 Å². The molecular formula is C12H21N5. The first-order chi connectivity index (χ1) is 8.29. The predicted octanol–water partition coefficient (Wildman–Crippen LogP) is 0.954. The highest BCUT2D eigenvalue weighted by atomic mass is 15.2. The molecule has 0 radical (unpaired) electrons. The van der Waals surface area contributed by atoms with E-state index in [1.54, 1.807) is 6.33 Å². The number of nitrogens with zero attached hydrogens (tertiary/aromatic N) is 3. The number of nitrogens with one attached hydrogen (secondary N) is 2. The van der Waals surface area contributed by atoms with Crippen molar-refractivity contribution < 1.29 is 0 Å². The van der Waals surface area contributed by atoms with Crippen molar-refractivity contribution >= 4 is 11.6 Å². The topological polar surface area (TPSA) is 53.1 Å². The van der Waals surface area contributed by atoms with Crippen LogP contribution in [0.1, 0.15) is 13.3 Å². The molecule has 2 N–H and O–H groups in total. The lowest BCUT2D eigenvalue weighted by atomic mass is 10.1. The van der Waals surface area contributed by atoms with Crippen LogP contribution >= 0.6 is 0 Å². The van der Waals surface area contributed by atoms with Crippen LogP contribution < -0.4 is 15.5 Å². The van der Waals surface area contributed by atoms with Crippen LogP contribution in [0.3, 0.4) is 0 Å². The number of aromatic nitrogens is 2. The SMILES string of the molecule is CCN(C)c1cc(NCC2CCNC2)ncn1. The smallest absolute Gasteiger partial charge is 0.133 e. The standard InChI is InChI=1S/C12H21N5/c1-3-17(2)12-6-11(15-9-16-12)14-8-10-4-5-13-7-10/h6,9-10,13H,3-5,7-8H2,1-2H3,(H,14,15,16). The van der Waals surface area contributed by atoms with E-state index in [0.717, 1.165) is 43.7 Å². The molecule has 1 saturated heterocycles. The Balaban J connectivity index is 1.91. The fourth-order valence-electron chi connectivity index (χ4n) is 1.95. The highest BCUT2D eigenvalue weighted by molar-refractivity contribution is 5.47. The van der Waals surface area contributed by atoms with E-state index in [1.165, 1.54) is 6.42 Å². The Hall–Kier alpha value is -1.36. The molecule has 0 spiro atoms. The van der Waals surface area contributed by atoms with Gasteiger partial charge in [-0.25, -0.2) is 9.97 Å². The van der Waals surface area contributed by atoms with Crippen LogP contribution in [-0.2, 0) is 0 Å². The van der Waals surface area contributed by atoms with Crippen molar-refractivity contribution in [3.63, 3.8) is 0 Å². The largest absolute Gasteiger partial charge is 0.370 e. The van der Waals surface area contributed by atoms with Crippen LogP contribution in [0.4, 0.5) is 11.6 Å². The summed E-state index contributed by atoms with van der Waals surface area (Å²) in [5.74, 6) is 2.61. The number of hydrogen-bond acceptors (Lipinski definition) is 5. The lowest BCUT2D eigenvalue weighted by Gasteiger charge is -2.16. The Bertz CT molecular complexity index is 349. The van der Waals surface area contributed by atoms with E-state index < -0.39 is 0 Å². The molecule has 1 aromatic heterocycles. The minimum absolute atomic E-state index is 0.720. The Morgan fingerprint density at radius 2 is 2.41 bits per heavy atom. The maximum absolute atomic E-state index is 4.25. The van der Waals surface area contributed by atoms with Gasteiger partial charge in [0.05, 0.1) is 0 Å². The summed E-state index contributed by atoms with van der Waals surface area (Å²) in [5.41, 5.74) is 0. The summed E-state index contributed by atoms with van der Waals surface area (Å²) in [6.45, 7) is 6.29. The zero-order valence-electron chi connectivity index (χ0n) is 10.6. The van der Waals surface area contributed by atoms with Gasteiger partial charge in [-0.1, -0.05) is 0 Å². The van der Waals surface area contributed by atoms with E-state index in [0.29, 0.717) is 0 Å². The van der Waals surface area contributed by atoms with Crippen LogP contribution in [0.15, 0.2) is 12.4 Å². The Morgan fingerprint density at radius 3 is 3.12 bits per heavy atom. The first kappa shape index (κ1) is 12.1. The van der Waals surface area contributed by atoms with E-state index >= 15 is 0 Å². The summed E-state index contributed by atoms with van der Waals surface area (Å²) in [4.78, 5) is 10.6. The van der Waals surface area contributed by atoms with Gasteiger partial charge >= 0.3 is 0 Å². The average Bonchev–Trinajstić information content (AvgIpc) is 2.89. The molecule has 1 fully saturated rings. The van der Waals surface area contributed by atoms with Gasteiger partial charge in [0.25, 0.3) is 0 Å². The summed E-state index contributed by atoms with van der Waals surface area (Å²) in [5, 5.41) is 6.75. The Morgan fingerprint density at radius 1 is 1.53 bits per heavy atom. The molecule has 2 heterocycles. The van der Waals surface area contributed by atoms with Gasteiger partial charge in [0.1, 0.15) is 18.0 Å². The highest BCUT2D eigenvalue weighted by Crippen LogP contribution is 2.14. The van der Waals surface area contributed by atoms with Crippen molar-refractivity contribution in [2.75, 3.05) is 43.4 Å². The second kappa shape index (κ2) is 5.82. The molecule has 94 valence electrons. The molecule has 1 aliphatic heterocycles. The summed E-state index contributed by atoms with van der Waals surface area (Å²) in [6.07, 6.45) is 2.87. The van der Waals surface area contributed by atoms with E-state index in [1.807, 2.05) is 13.1 Å². The van der Waals surface area contributed by atoms with Gasteiger partial charge in [-0.3, -0.25) is 0 Å². The number of hydrogen-bond donors (Lipinski definition) is 2. The van der Waals surface area contributed by atoms with Crippen molar-refractivity contribution in [3.05, 3.63) is 12.4 Å². The van der Waals surface area contributed by atoms with Crippen LogP contribution in [0.5, 0.6) is 0 Å². The van der Waals surface area contributed by atoms with Gasteiger partial charge in [-0.15, -0.1) is 0 Å². The molecule has 0 saturated carbocycles. The number of anilines is 2. The minimum atomic E-state index is 0.720. The summed E-state index contributed by atoms with van der Waals surface area (Å²) < 4.78 is 0. The van der Waals surface area contributed by atoms with Crippen LogP contribution in [-0.4, -0.2) is 43.2 Å². The lowest BCUT2D eigenvalue weighted by molar-refractivity contribution is 0.614. The maximum atomic E-state index is 4.25. The second-order valence-electron chi connectivity index (χ2n) is 4.52. The Labute approximate surface area is 103 Å². The zero-order chi connectivity index (χ0) is 12.1. The molecule has 1 atom stereocenters. The summed E-state index contributed by atoms with van der Waals surface area (Å²) in [6, 6.07) is 2.01. The third kappa shape index (κ3) is 3.30. The van der Waals surface area contributed by atoms with E-state index in [-0.39, 0.29) is 0 Å². The maximum Gasteiger partial charge on any atom is 0.133 e. The first-order valence-corrected chi connectivity index (χ1v) is 6.27. The molecule has 1 aromatic rings. The molecule has 0 amide bonds. The minimum Gasteiger partial charge on any atom is -0.370 e. The fourth-order valence-corrected chi connectivity index (χ4v) is 1.95. The van der Waals surface area contributed by atoms with E-state index in [2.05, 4.69) is 32.4 Å². The quantitative estimate of drug-likeness (QED) is 0.796. The Kier molecular flexibility index (Phi) is 4.14. The van der Waals surface area contributed by atoms with Gasteiger partial charge in [0, 0.05) is 26.2 Å². The molecule has 17 heavy (non-hydrogen) atoms.